The van der Waals surface area contributed by atoms with Crippen LogP contribution < -0.4 is 5.32 Å². The van der Waals surface area contributed by atoms with Crippen molar-refractivity contribution in [2.45, 2.75) is 37.4 Å². The van der Waals surface area contributed by atoms with Crippen molar-refractivity contribution < 1.29 is 53.1 Å². The summed E-state index contributed by atoms with van der Waals surface area (Å²) < 4.78 is 147. The molecular formula is C23H16Cl2F11NOS. The summed E-state index contributed by atoms with van der Waals surface area (Å²) >= 11 is 11.4. The van der Waals surface area contributed by atoms with E-state index in [9.17, 15) is 53.1 Å². The quantitative estimate of drug-likeness (QED) is 0.232. The Morgan fingerprint density at radius 3 is 2.05 bits per heavy atom. The van der Waals surface area contributed by atoms with Crippen molar-refractivity contribution in [3.05, 3.63) is 74.5 Å². The molecule has 2 aromatic rings. The Hall–Kier alpha value is -2.19. The van der Waals surface area contributed by atoms with Crippen molar-refractivity contribution in [1.82, 2.24) is 5.32 Å². The fraction of sp³-hybridized carbons (Fsp3) is 0.348. The molecule has 2 aromatic carbocycles. The second-order valence-electron chi connectivity index (χ2n) is 8.10. The summed E-state index contributed by atoms with van der Waals surface area (Å²) in [6.07, 6.45) is -15.0. The van der Waals surface area contributed by atoms with Gasteiger partial charge in [0.05, 0.1) is 26.9 Å². The Bertz CT molecular complexity index is 1200. The highest BCUT2D eigenvalue weighted by Gasteiger charge is 2.41. The first-order chi connectivity index (χ1) is 17.7. The molecule has 39 heavy (non-hydrogen) atoms. The van der Waals surface area contributed by atoms with Crippen LogP contribution in [0.2, 0.25) is 10.0 Å². The second kappa shape index (κ2) is 12.5. The number of halogens is 13. The van der Waals surface area contributed by atoms with E-state index in [1.807, 2.05) is 0 Å². The molecule has 2 atom stereocenters. The molecule has 0 aliphatic heterocycles. The van der Waals surface area contributed by atoms with Crippen LogP contribution in [0.5, 0.6) is 0 Å². The summed E-state index contributed by atoms with van der Waals surface area (Å²) in [6.45, 7) is 1.25. The molecule has 1 unspecified atom stereocenters. The third-order valence-electron chi connectivity index (χ3n) is 4.89. The SMILES string of the molecule is C[C@H](CSCC(F)(F)F)NC(=O)c1ccc(/C(F)=C/C(c2cc(Cl)c(F)c(Cl)c2)C(F)(F)F)cc1C(F)(F)F. The topological polar surface area (TPSA) is 29.1 Å². The molecular weight excluding hydrogens is 618 g/mol. The van der Waals surface area contributed by atoms with Gasteiger partial charge in [-0.3, -0.25) is 4.79 Å². The standard InChI is InChI=1S/C23H16Cl2F11NOS/c1-10(8-39-9-21(28,29)30)37-20(38)13-3-2-11(4-15(13)23(34,35)36)18(26)7-14(22(31,32)33)12-5-16(24)19(27)17(25)6-12/h2-7,10,14H,8-9H2,1H3,(H,37,38)/b18-7-/t10-,14?/m1/s1. The highest BCUT2D eigenvalue weighted by atomic mass is 35.5. The Morgan fingerprint density at radius 2 is 1.56 bits per heavy atom. The van der Waals surface area contributed by atoms with Gasteiger partial charge in [0.15, 0.2) is 5.82 Å². The first-order valence-electron chi connectivity index (χ1n) is 10.5. The lowest BCUT2D eigenvalue weighted by Crippen LogP contribution is -2.35. The first-order valence-corrected chi connectivity index (χ1v) is 12.4. The van der Waals surface area contributed by atoms with Crippen LogP contribution in [-0.2, 0) is 6.18 Å². The monoisotopic (exact) mass is 633 g/mol. The molecule has 0 heterocycles. The number of amides is 1. The van der Waals surface area contributed by atoms with Crippen LogP contribution in [0.4, 0.5) is 48.3 Å². The van der Waals surface area contributed by atoms with Crippen LogP contribution in [-0.4, -0.2) is 35.8 Å². The lowest BCUT2D eigenvalue weighted by atomic mass is 9.95. The molecule has 2 rings (SSSR count). The smallest absolute Gasteiger partial charge is 0.349 e. The molecule has 0 radical (unpaired) electrons. The van der Waals surface area contributed by atoms with Gasteiger partial charge in [-0.2, -0.15) is 51.3 Å². The number of thioether (sulfide) groups is 1. The van der Waals surface area contributed by atoms with Crippen molar-refractivity contribution in [3.8, 4) is 0 Å². The number of nitrogens with one attached hydrogen (secondary N) is 1. The maximum absolute atomic E-state index is 14.9. The zero-order valence-corrected chi connectivity index (χ0v) is 21.6. The molecule has 0 aromatic heterocycles. The van der Waals surface area contributed by atoms with Crippen LogP contribution in [0.15, 0.2) is 36.4 Å². The molecule has 0 fully saturated rings. The summed E-state index contributed by atoms with van der Waals surface area (Å²) in [5.41, 5.74) is -4.50. The second-order valence-corrected chi connectivity index (χ2v) is 9.94. The summed E-state index contributed by atoms with van der Waals surface area (Å²) in [6, 6.07) is 1.33. The third-order valence-corrected chi connectivity index (χ3v) is 6.70. The number of carbonyl (C=O) groups excluding carboxylic acids is 1. The zero-order chi connectivity index (χ0) is 29.9. The van der Waals surface area contributed by atoms with Crippen molar-refractivity contribution in [2.75, 3.05) is 11.5 Å². The molecule has 2 nitrogen and oxygen atoms in total. The Balaban J connectivity index is 2.42. The van der Waals surface area contributed by atoms with Gasteiger partial charge in [0.2, 0.25) is 0 Å². The number of hydrogen-bond donors (Lipinski definition) is 1. The first kappa shape index (κ1) is 33.0. The number of alkyl halides is 9. The molecule has 0 saturated carbocycles. The number of carbonyl (C=O) groups is 1. The van der Waals surface area contributed by atoms with Gasteiger partial charge in [-0.1, -0.05) is 29.3 Å². The highest BCUT2D eigenvalue weighted by molar-refractivity contribution is 7.99. The maximum atomic E-state index is 14.9. The average Bonchev–Trinajstić information content (AvgIpc) is 2.77. The Labute approximate surface area is 228 Å². The van der Waals surface area contributed by atoms with Crippen molar-refractivity contribution in [3.63, 3.8) is 0 Å². The number of allylic oxidation sites excluding steroid dienone is 1. The van der Waals surface area contributed by atoms with Gasteiger partial charge in [0.25, 0.3) is 5.91 Å². The number of benzene rings is 2. The maximum Gasteiger partial charge on any atom is 0.417 e. The van der Waals surface area contributed by atoms with E-state index in [2.05, 4.69) is 5.32 Å². The fourth-order valence-corrected chi connectivity index (χ4v) is 4.49. The minimum atomic E-state index is -5.27. The van der Waals surface area contributed by atoms with Crippen molar-refractivity contribution in [2.24, 2.45) is 0 Å². The number of hydrogen-bond acceptors (Lipinski definition) is 2. The summed E-state index contributed by atoms with van der Waals surface area (Å²) in [7, 11) is 0. The minimum Gasteiger partial charge on any atom is -0.349 e. The highest BCUT2D eigenvalue weighted by Crippen LogP contribution is 2.41. The van der Waals surface area contributed by atoms with Gasteiger partial charge in [0, 0.05) is 17.4 Å². The average molecular weight is 634 g/mol. The fourth-order valence-electron chi connectivity index (χ4n) is 3.20. The van der Waals surface area contributed by atoms with Crippen LogP contribution in [0.1, 0.15) is 39.9 Å². The number of rotatable bonds is 8. The van der Waals surface area contributed by atoms with E-state index in [1.54, 1.807) is 0 Å². The van der Waals surface area contributed by atoms with Crippen LogP contribution in [0.25, 0.3) is 5.83 Å². The summed E-state index contributed by atoms with van der Waals surface area (Å²) in [5.74, 6) is -8.68. The third kappa shape index (κ3) is 9.45. The Kier molecular flexibility index (Phi) is 10.6. The molecule has 0 saturated heterocycles. The molecule has 0 aliphatic rings. The molecule has 1 N–H and O–H groups in total. The van der Waals surface area contributed by atoms with Gasteiger partial charge in [-0.25, -0.2) is 8.78 Å². The van der Waals surface area contributed by atoms with Gasteiger partial charge < -0.3 is 5.32 Å². The Morgan fingerprint density at radius 1 is 1.00 bits per heavy atom. The van der Waals surface area contributed by atoms with E-state index in [-0.39, 0.29) is 17.9 Å². The molecule has 0 bridgehead atoms. The summed E-state index contributed by atoms with van der Waals surface area (Å²) in [5, 5.41) is 0.484. The molecule has 216 valence electrons. The largest absolute Gasteiger partial charge is 0.417 e. The molecule has 0 spiro atoms. The predicted octanol–water partition coefficient (Wildman–Crippen LogP) is 9.22. The van der Waals surface area contributed by atoms with Crippen molar-refractivity contribution >= 4 is 46.7 Å². The zero-order valence-electron chi connectivity index (χ0n) is 19.3. The molecule has 16 heteroatoms. The van der Waals surface area contributed by atoms with E-state index in [0.29, 0.717) is 36.0 Å². The molecule has 0 aliphatic carbocycles. The molecule has 1 amide bonds. The lowest BCUT2D eigenvalue weighted by Gasteiger charge is -2.19. The van der Waals surface area contributed by atoms with Gasteiger partial charge in [-0.05, 0) is 42.8 Å². The summed E-state index contributed by atoms with van der Waals surface area (Å²) in [4.78, 5) is 12.4. The van der Waals surface area contributed by atoms with Crippen LogP contribution in [0.3, 0.4) is 0 Å². The van der Waals surface area contributed by atoms with Crippen LogP contribution in [0, 0.1) is 5.82 Å². The van der Waals surface area contributed by atoms with Crippen molar-refractivity contribution in [1.29, 1.82) is 0 Å². The normalized spacial score (nSPS) is 14.8. The van der Waals surface area contributed by atoms with Gasteiger partial charge >= 0.3 is 18.5 Å². The minimum absolute atomic E-state index is 0.0604. The van der Waals surface area contributed by atoms with E-state index in [0.717, 1.165) is 0 Å². The van der Waals surface area contributed by atoms with E-state index in [4.69, 9.17) is 23.2 Å². The lowest BCUT2D eigenvalue weighted by molar-refractivity contribution is -0.140. The van der Waals surface area contributed by atoms with Crippen LogP contribution >= 0.6 is 35.0 Å². The van der Waals surface area contributed by atoms with Gasteiger partial charge in [0.1, 0.15) is 11.7 Å². The van der Waals surface area contributed by atoms with E-state index in [1.165, 1.54) is 6.92 Å². The van der Waals surface area contributed by atoms with E-state index < -0.39 is 86.1 Å². The predicted molar refractivity (Wildman–Crippen MR) is 126 cm³/mol. The van der Waals surface area contributed by atoms with Gasteiger partial charge in [-0.15, -0.1) is 0 Å². The van der Waals surface area contributed by atoms with E-state index >= 15 is 0 Å².